The molecule has 0 radical (unpaired) electrons. The van der Waals surface area contributed by atoms with Crippen LogP contribution in [0.3, 0.4) is 0 Å². The van der Waals surface area contributed by atoms with Crippen LogP contribution in [0, 0.1) is 22.7 Å². The number of benzene rings is 1. The van der Waals surface area contributed by atoms with Crippen LogP contribution < -0.4 is 5.32 Å². The molecule has 2 aromatic rings. The second kappa shape index (κ2) is 6.69. The maximum atomic E-state index is 9.29. The second-order valence-electron chi connectivity index (χ2n) is 4.61. The predicted octanol–water partition coefficient (Wildman–Crippen LogP) is 2.68. The number of rotatable bonds is 5. The van der Waals surface area contributed by atoms with Crippen molar-refractivity contribution in [1.82, 2.24) is 14.9 Å². The van der Waals surface area contributed by atoms with Crippen molar-refractivity contribution in [2.45, 2.75) is 26.3 Å². The van der Waals surface area contributed by atoms with E-state index in [1.165, 1.54) is 6.33 Å². The number of nitriles is 2. The highest BCUT2D eigenvalue weighted by atomic mass is 15.1. The average Bonchev–Trinajstić information content (AvgIpc) is 2.95. The summed E-state index contributed by atoms with van der Waals surface area (Å²) in [4.78, 5) is 4.01. The van der Waals surface area contributed by atoms with Crippen molar-refractivity contribution in [2.75, 3.05) is 6.54 Å². The number of nitrogens with one attached hydrogen (secondary N) is 1. The lowest BCUT2D eigenvalue weighted by atomic mass is 10.0. The van der Waals surface area contributed by atoms with Gasteiger partial charge in [0.05, 0.1) is 5.69 Å². The van der Waals surface area contributed by atoms with Crippen molar-refractivity contribution in [3.63, 3.8) is 0 Å². The Balaban J connectivity index is 2.58. The van der Waals surface area contributed by atoms with Crippen LogP contribution in [0.15, 0.2) is 30.6 Å². The van der Waals surface area contributed by atoms with Gasteiger partial charge in [-0.3, -0.25) is 4.57 Å². The minimum absolute atomic E-state index is 0.156. The van der Waals surface area contributed by atoms with E-state index in [2.05, 4.69) is 30.2 Å². The lowest BCUT2D eigenvalue weighted by Gasteiger charge is -2.20. The van der Waals surface area contributed by atoms with Gasteiger partial charge in [-0.1, -0.05) is 32.0 Å². The summed E-state index contributed by atoms with van der Waals surface area (Å²) in [6.45, 7) is 5.05. The first-order valence-electron chi connectivity index (χ1n) is 6.97. The van der Waals surface area contributed by atoms with E-state index in [-0.39, 0.29) is 17.4 Å². The van der Waals surface area contributed by atoms with Gasteiger partial charge in [-0.2, -0.15) is 10.5 Å². The Morgan fingerprint density at radius 2 is 2.00 bits per heavy atom. The van der Waals surface area contributed by atoms with Gasteiger partial charge in [-0.25, -0.2) is 4.98 Å². The van der Waals surface area contributed by atoms with E-state index in [1.54, 1.807) is 4.57 Å². The Morgan fingerprint density at radius 1 is 1.24 bits per heavy atom. The molecule has 106 valence electrons. The van der Waals surface area contributed by atoms with E-state index < -0.39 is 0 Å². The SMILES string of the molecule is CCNC(CC)c1ccccc1-n1cnc(C#N)c1C#N. The predicted molar refractivity (Wildman–Crippen MR) is 79.7 cm³/mol. The third kappa shape index (κ3) is 2.79. The molecule has 0 aliphatic rings. The standard InChI is InChI=1S/C16H17N5/c1-3-13(19-4-2)12-7-5-6-8-15(12)21-11-20-14(9-17)16(21)10-18/h5-8,11,13,19H,3-4H2,1-2H3. The third-order valence-corrected chi connectivity index (χ3v) is 3.41. The first-order valence-corrected chi connectivity index (χ1v) is 6.97. The zero-order valence-corrected chi connectivity index (χ0v) is 12.2. The number of imidazole rings is 1. The normalized spacial score (nSPS) is 11.6. The third-order valence-electron chi connectivity index (χ3n) is 3.41. The van der Waals surface area contributed by atoms with Gasteiger partial charge < -0.3 is 5.32 Å². The molecule has 0 saturated carbocycles. The van der Waals surface area contributed by atoms with Crippen molar-refractivity contribution in [3.8, 4) is 17.8 Å². The molecule has 0 saturated heterocycles. The molecule has 1 heterocycles. The molecule has 0 bridgehead atoms. The molecule has 21 heavy (non-hydrogen) atoms. The molecule has 0 aliphatic carbocycles. The van der Waals surface area contributed by atoms with Crippen molar-refractivity contribution < 1.29 is 0 Å². The molecule has 1 aromatic carbocycles. The van der Waals surface area contributed by atoms with Crippen LogP contribution in [-0.2, 0) is 0 Å². The second-order valence-corrected chi connectivity index (χ2v) is 4.61. The average molecular weight is 279 g/mol. The molecule has 5 nitrogen and oxygen atoms in total. The maximum Gasteiger partial charge on any atom is 0.177 e. The van der Waals surface area contributed by atoms with Crippen LogP contribution in [0.25, 0.3) is 5.69 Å². The lowest BCUT2D eigenvalue weighted by molar-refractivity contribution is 0.535. The highest BCUT2D eigenvalue weighted by molar-refractivity contribution is 5.49. The van der Waals surface area contributed by atoms with Crippen LogP contribution in [-0.4, -0.2) is 16.1 Å². The highest BCUT2D eigenvalue weighted by Gasteiger charge is 2.17. The maximum absolute atomic E-state index is 9.29. The van der Waals surface area contributed by atoms with Gasteiger partial charge in [0.2, 0.25) is 0 Å². The van der Waals surface area contributed by atoms with E-state index in [9.17, 15) is 5.26 Å². The smallest absolute Gasteiger partial charge is 0.177 e. The van der Waals surface area contributed by atoms with E-state index in [0.29, 0.717) is 0 Å². The molecule has 0 amide bonds. The molecule has 2 rings (SSSR count). The Bertz CT molecular complexity index is 702. The number of hydrogen-bond donors (Lipinski definition) is 1. The van der Waals surface area contributed by atoms with E-state index in [4.69, 9.17) is 5.26 Å². The zero-order chi connectivity index (χ0) is 15.2. The van der Waals surface area contributed by atoms with Gasteiger partial charge in [0.15, 0.2) is 11.4 Å². The van der Waals surface area contributed by atoms with Crippen LogP contribution in [0.4, 0.5) is 0 Å². The minimum Gasteiger partial charge on any atom is -0.310 e. The molecule has 0 spiro atoms. The summed E-state index contributed by atoms with van der Waals surface area (Å²) in [6, 6.07) is 12.1. The molecular weight excluding hydrogens is 262 g/mol. The van der Waals surface area contributed by atoms with Gasteiger partial charge in [0.25, 0.3) is 0 Å². The van der Waals surface area contributed by atoms with Crippen molar-refractivity contribution in [2.24, 2.45) is 0 Å². The monoisotopic (exact) mass is 279 g/mol. The Hall–Kier alpha value is -2.63. The van der Waals surface area contributed by atoms with Gasteiger partial charge >= 0.3 is 0 Å². The Labute approximate surface area is 124 Å². The number of hydrogen-bond acceptors (Lipinski definition) is 4. The molecule has 0 fully saturated rings. The molecule has 0 aliphatic heterocycles. The Kier molecular flexibility index (Phi) is 4.71. The fraction of sp³-hybridized carbons (Fsp3) is 0.312. The van der Waals surface area contributed by atoms with Gasteiger partial charge in [0, 0.05) is 6.04 Å². The Morgan fingerprint density at radius 3 is 2.62 bits per heavy atom. The number of para-hydroxylation sites is 1. The fourth-order valence-corrected chi connectivity index (χ4v) is 2.44. The summed E-state index contributed by atoms with van der Waals surface area (Å²) in [5.41, 5.74) is 2.41. The van der Waals surface area contributed by atoms with E-state index >= 15 is 0 Å². The number of nitrogens with zero attached hydrogens (tertiary/aromatic N) is 4. The summed E-state index contributed by atoms with van der Waals surface area (Å²) in [7, 11) is 0. The van der Waals surface area contributed by atoms with Crippen LogP contribution in [0.2, 0.25) is 0 Å². The first-order chi connectivity index (χ1) is 10.3. The summed E-state index contributed by atoms with van der Waals surface area (Å²) >= 11 is 0. The lowest BCUT2D eigenvalue weighted by Crippen LogP contribution is -2.21. The zero-order valence-electron chi connectivity index (χ0n) is 12.2. The van der Waals surface area contributed by atoms with Gasteiger partial charge in [0.1, 0.15) is 18.5 Å². The molecule has 1 unspecified atom stereocenters. The molecule has 1 N–H and O–H groups in total. The quantitative estimate of drug-likeness (QED) is 0.912. The van der Waals surface area contributed by atoms with Crippen LogP contribution in [0.5, 0.6) is 0 Å². The fourth-order valence-electron chi connectivity index (χ4n) is 2.44. The van der Waals surface area contributed by atoms with Crippen LogP contribution in [0.1, 0.15) is 43.3 Å². The first kappa shape index (κ1) is 14.8. The molecular formula is C16H17N5. The number of aromatic nitrogens is 2. The molecule has 5 heteroatoms. The minimum atomic E-state index is 0.156. The highest BCUT2D eigenvalue weighted by Crippen LogP contribution is 2.25. The van der Waals surface area contributed by atoms with Gasteiger partial charge in [-0.15, -0.1) is 0 Å². The van der Waals surface area contributed by atoms with Crippen molar-refractivity contribution in [1.29, 1.82) is 10.5 Å². The summed E-state index contributed by atoms with van der Waals surface area (Å²) in [5, 5.41) is 21.8. The van der Waals surface area contributed by atoms with Crippen molar-refractivity contribution >= 4 is 0 Å². The topological polar surface area (TPSA) is 77.4 Å². The summed E-state index contributed by atoms with van der Waals surface area (Å²) in [6.07, 6.45) is 2.47. The van der Waals surface area contributed by atoms with Crippen LogP contribution >= 0.6 is 0 Å². The summed E-state index contributed by atoms with van der Waals surface area (Å²) in [5.74, 6) is 0. The van der Waals surface area contributed by atoms with Gasteiger partial charge in [-0.05, 0) is 24.6 Å². The van der Waals surface area contributed by atoms with Crippen molar-refractivity contribution in [3.05, 3.63) is 47.5 Å². The van der Waals surface area contributed by atoms with E-state index in [0.717, 1.165) is 24.2 Å². The summed E-state index contributed by atoms with van der Waals surface area (Å²) < 4.78 is 1.69. The molecule has 1 atom stereocenters. The molecule has 1 aromatic heterocycles. The van der Waals surface area contributed by atoms with E-state index in [1.807, 2.05) is 30.3 Å². The largest absolute Gasteiger partial charge is 0.310 e.